The standard InChI is InChI=1S/C21H23NO3S2/c1-16-14-17(2)21(18(3)15-16)27(23,24)25-26(22,19-10-6-4-7-11-19)20-12-8-5-9-13-20/h4-15H,22H2,1-3H3. The third-order valence-corrected chi connectivity index (χ3v) is 8.90. The molecule has 0 heterocycles. The molecule has 0 unspecified atom stereocenters. The molecule has 0 bridgehead atoms. The predicted molar refractivity (Wildman–Crippen MR) is 110 cm³/mol. The lowest BCUT2D eigenvalue weighted by molar-refractivity contribution is 0.507. The SMILES string of the molecule is Cc1cc(C)c(S(=O)(=O)OS(N)(c2ccccc2)c2ccccc2)c(C)c1. The first-order valence-corrected chi connectivity index (χ1v) is 11.5. The Hall–Kier alpha value is -2.12. The molecule has 2 N–H and O–H groups in total. The van der Waals surface area contributed by atoms with Gasteiger partial charge in [0.25, 0.3) is 0 Å². The molecule has 3 rings (SSSR count). The van der Waals surface area contributed by atoms with E-state index in [2.05, 4.69) is 0 Å². The van der Waals surface area contributed by atoms with Crippen LogP contribution in [0.5, 0.6) is 0 Å². The molecule has 0 aromatic heterocycles. The van der Waals surface area contributed by atoms with Gasteiger partial charge in [-0.05, 0) is 66.7 Å². The summed E-state index contributed by atoms with van der Waals surface area (Å²) in [6.07, 6.45) is 0. The minimum absolute atomic E-state index is 0.183. The Kier molecular flexibility index (Phi) is 5.44. The van der Waals surface area contributed by atoms with E-state index in [4.69, 9.17) is 8.77 Å². The summed E-state index contributed by atoms with van der Waals surface area (Å²) in [5.74, 6) is 0. The fraction of sp³-hybridized carbons (Fsp3) is 0.143. The highest BCUT2D eigenvalue weighted by atomic mass is 32.3. The van der Waals surface area contributed by atoms with Crippen LogP contribution in [0.2, 0.25) is 0 Å². The predicted octanol–water partition coefficient (Wildman–Crippen LogP) is 5.03. The van der Waals surface area contributed by atoms with Gasteiger partial charge in [0.05, 0.1) is 0 Å². The zero-order valence-corrected chi connectivity index (χ0v) is 17.2. The van der Waals surface area contributed by atoms with Crippen molar-refractivity contribution in [1.82, 2.24) is 0 Å². The van der Waals surface area contributed by atoms with Crippen molar-refractivity contribution in [3.63, 3.8) is 0 Å². The quantitative estimate of drug-likeness (QED) is 0.651. The molecule has 0 aliphatic rings. The molecule has 0 aliphatic carbocycles. The van der Waals surface area contributed by atoms with Crippen molar-refractivity contribution >= 4 is 20.6 Å². The van der Waals surface area contributed by atoms with E-state index < -0.39 is 20.6 Å². The summed E-state index contributed by atoms with van der Waals surface area (Å²) in [6.45, 7) is 5.48. The maximum atomic E-state index is 13.3. The Bertz CT molecular complexity index is 987. The summed E-state index contributed by atoms with van der Waals surface area (Å²) >= 11 is 0. The maximum Gasteiger partial charge on any atom is 0.308 e. The fourth-order valence-electron chi connectivity index (χ4n) is 3.20. The molecular weight excluding hydrogens is 378 g/mol. The second-order valence-corrected chi connectivity index (χ2v) is 10.5. The molecule has 4 nitrogen and oxygen atoms in total. The molecular formula is C21H23NO3S2. The minimum Gasteiger partial charge on any atom is -0.266 e. The molecule has 27 heavy (non-hydrogen) atoms. The van der Waals surface area contributed by atoms with Crippen LogP contribution in [0.1, 0.15) is 16.7 Å². The maximum absolute atomic E-state index is 13.3. The zero-order valence-electron chi connectivity index (χ0n) is 15.5. The summed E-state index contributed by atoms with van der Waals surface area (Å²) < 4.78 is 32.4. The van der Waals surface area contributed by atoms with Crippen LogP contribution in [0.15, 0.2) is 87.5 Å². The monoisotopic (exact) mass is 401 g/mol. The van der Waals surface area contributed by atoms with Crippen molar-refractivity contribution in [3.05, 3.63) is 89.5 Å². The number of nitrogens with two attached hydrogens (primary N) is 1. The molecule has 6 heteroatoms. The largest absolute Gasteiger partial charge is 0.308 e. The van der Waals surface area contributed by atoms with Gasteiger partial charge in [-0.1, -0.05) is 54.1 Å². The van der Waals surface area contributed by atoms with E-state index in [1.165, 1.54) is 0 Å². The third-order valence-electron chi connectivity index (χ3n) is 4.24. The smallest absolute Gasteiger partial charge is 0.266 e. The van der Waals surface area contributed by atoms with Gasteiger partial charge in [0.2, 0.25) is 0 Å². The average Bonchev–Trinajstić information content (AvgIpc) is 2.61. The Morgan fingerprint density at radius 3 is 1.56 bits per heavy atom. The van der Waals surface area contributed by atoms with Crippen LogP contribution in [-0.4, -0.2) is 8.42 Å². The number of hydrogen-bond donors (Lipinski definition) is 1. The van der Waals surface area contributed by atoms with Crippen LogP contribution in [0.4, 0.5) is 0 Å². The van der Waals surface area contributed by atoms with Gasteiger partial charge >= 0.3 is 10.1 Å². The molecule has 3 aromatic carbocycles. The Balaban J connectivity index is 2.16. The van der Waals surface area contributed by atoms with Crippen molar-refractivity contribution in [2.24, 2.45) is 5.14 Å². The van der Waals surface area contributed by atoms with Gasteiger partial charge in [-0.2, -0.15) is 12.0 Å². The lowest BCUT2D eigenvalue weighted by Gasteiger charge is -2.34. The first-order chi connectivity index (χ1) is 12.7. The summed E-state index contributed by atoms with van der Waals surface area (Å²) in [4.78, 5) is 1.46. The van der Waals surface area contributed by atoms with Crippen molar-refractivity contribution in [2.45, 2.75) is 35.5 Å². The minimum atomic E-state index is -4.08. The molecule has 3 aromatic rings. The lowest BCUT2D eigenvalue weighted by Crippen LogP contribution is -2.21. The van der Waals surface area contributed by atoms with Crippen molar-refractivity contribution in [3.8, 4) is 0 Å². The molecule has 0 radical (unpaired) electrons. The van der Waals surface area contributed by atoms with Gasteiger partial charge in [0, 0.05) is 9.79 Å². The van der Waals surface area contributed by atoms with Crippen LogP contribution in [0.25, 0.3) is 0 Å². The normalized spacial score (nSPS) is 12.7. The topological polar surface area (TPSA) is 69.4 Å². The Morgan fingerprint density at radius 1 is 0.741 bits per heavy atom. The first kappa shape index (κ1) is 19.6. The molecule has 0 spiro atoms. The molecule has 0 atom stereocenters. The van der Waals surface area contributed by atoms with E-state index >= 15 is 0 Å². The number of benzene rings is 3. The van der Waals surface area contributed by atoms with Gasteiger partial charge in [-0.15, -0.1) is 0 Å². The average molecular weight is 402 g/mol. The number of aryl methyl sites for hydroxylation is 3. The van der Waals surface area contributed by atoms with E-state index in [1.54, 1.807) is 38.1 Å². The first-order valence-electron chi connectivity index (χ1n) is 8.49. The van der Waals surface area contributed by atoms with E-state index in [0.29, 0.717) is 20.9 Å². The van der Waals surface area contributed by atoms with Gasteiger partial charge in [-0.25, -0.2) is 0 Å². The lowest BCUT2D eigenvalue weighted by atomic mass is 10.1. The highest BCUT2D eigenvalue weighted by Crippen LogP contribution is 2.58. The van der Waals surface area contributed by atoms with E-state index in [1.807, 2.05) is 55.5 Å². The summed E-state index contributed by atoms with van der Waals surface area (Å²) in [5.41, 5.74) is 2.30. The molecule has 0 saturated carbocycles. The molecule has 0 saturated heterocycles. The van der Waals surface area contributed by atoms with Crippen LogP contribution in [0.3, 0.4) is 0 Å². The summed E-state index contributed by atoms with van der Waals surface area (Å²) in [7, 11) is -6.81. The van der Waals surface area contributed by atoms with Gasteiger partial charge in [0.15, 0.2) is 0 Å². The molecule has 0 aliphatic heterocycles. The molecule has 0 fully saturated rings. The van der Waals surface area contributed by atoms with E-state index in [-0.39, 0.29) is 4.90 Å². The van der Waals surface area contributed by atoms with Crippen LogP contribution < -0.4 is 5.14 Å². The van der Waals surface area contributed by atoms with Crippen LogP contribution in [0, 0.1) is 20.8 Å². The van der Waals surface area contributed by atoms with Crippen molar-refractivity contribution in [1.29, 1.82) is 0 Å². The van der Waals surface area contributed by atoms with Gasteiger partial charge in [-0.3, -0.25) is 5.14 Å². The van der Waals surface area contributed by atoms with Crippen molar-refractivity contribution in [2.75, 3.05) is 0 Å². The van der Waals surface area contributed by atoms with Crippen LogP contribution >= 0.6 is 10.5 Å². The second-order valence-electron chi connectivity index (χ2n) is 6.48. The Labute approximate surface area is 162 Å². The van der Waals surface area contributed by atoms with E-state index in [9.17, 15) is 8.42 Å². The zero-order chi connectivity index (χ0) is 19.7. The third kappa shape index (κ3) is 3.94. The van der Waals surface area contributed by atoms with Gasteiger partial charge in [0.1, 0.15) is 4.90 Å². The summed E-state index contributed by atoms with van der Waals surface area (Å²) in [6, 6.07) is 21.9. The van der Waals surface area contributed by atoms with Crippen LogP contribution in [-0.2, 0) is 13.7 Å². The molecule has 142 valence electrons. The van der Waals surface area contributed by atoms with E-state index in [0.717, 1.165) is 5.56 Å². The molecule has 0 amide bonds. The number of hydrogen-bond acceptors (Lipinski definition) is 4. The number of rotatable bonds is 5. The fourth-order valence-corrected chi connectivity index (χ4v) is 7.53. The highest BCUT2D eigenvalue weighted by molar-refractivity contribution is 8.31. The highest BCUT2D eigenvalue weighted by Gasteiger charge is 2.34. The summed E-state index contributed by atoms with van der Waals surface area (Å²) in [5, 5.41) is 6.68. The van der Waals surface area contributed by atoms with Crippen molar-refractivity contribution < 1.29 is 12.0 Å². The second kappa shape index (κ2) is 7.48. The van der Waals surface area contributed by atoms with Gasteiger partial charge < -0.3 is 0 Å². The Morgan fingerprint density at radius 2 is 1.15 bits per heavy atom.